The second-order valence-corrected chi connectivity index (χ2v) is 6.59. The standard InChI is InChI=1S/C16H14O3S/c1-12-5-7-13(8-6-12)11-19-15-3-2-4-16-14(15)9-10-20(16,17)18/h2-10H,11H2,1H3. The Morgan fingerprint density at radius 1 is 1.05 bits per heavy atom. The fourth-order valence-electron chi connectivity index (χ4n) is 2.14. The van der Waals surface area contributed by atoms with Crippen molar-refractivity contribution in [3.8, 4) is 5.75 Å². The van der Waals surface area contributed by atoms with Crippen LogP contribution in [-0.2, 0) is 16.4 Å². The van der Waals surface area contributed by atoms with E-state index in [4.69, 9.17) is 4.74 Å². The summed E-state index contributed by atoms with van der Waals surface area (Å²) in [5.74, 6) is 0.598. The Labute approximate surface area is 118 Å². The number of rotatable bonds is 3. The Balaban J connectivity index is 1.85. The summed E-state index contributed by atoms with van der Waals surface area (Å²) in [5, 5.41) is 1.22. The van der Waals surface area contributed by atoms with Crippen molar-refractivity contribution in [1.29, 1.82) is 0 Å². The predicted molar refractivity (Wildman–Crippen MR) is 78.2 cm³/mol. The number of sulfone groups is 1. The highest BCUT2D eigenvalue weighted by atomic mass is 32.2. The molecule has 0 radical (unpaired) electrons. The van der Waals surface area contributed by atoms with Gasteiger partial charge in [0.15, 0.2) is 0 Å². The number of aryl methyl sites for hydroxylation is 1. The maximum Gasteiger partial charge on any atom is 0.200 e. The first-order chi connectivity index (χ1) is 9.56. The Kier molecular flexibility index (Phi) is 3.10. The highest BCUT2D eigenvalue weighted by Gasteiger charge is 2.23. The quantitative estimate of drug-likeness (QED) is 0.869. The third-order valence-electron chi connectivity index (χ3n) is 3.26. The molecule has 0 unspecified atom stereocenters. The van der Waals surface area contributed by atoms with Gasteiger partial charge in [0.2, 0.25) is 9.84 Å². The molecule has 0 aromatic heterocycles. The molecule has 1 heterocycles. The minimum absolute atomic E-state index is 0.318. The third-order valence-corrected chi connectivity index (χ3v) is 4.72. The molecule has 3 rings (SSSR count). The van der Waals surface area contributed by atoms with Gasteiger partial charge in [-0.25, -0.2) is 8.42 Å². The molecule has 102 valence electrons. The summed E-state index contributed by atoms with van der Waals surface area (Å²) in [4.78, 5) is 0.318. The van der Waals surface area contributed by atoms with Crippen molar-refractivity contribution in [2.24, 2.45) is 0 Å². The van der Waals surface area contributed by atoms with Crippen molar-refractivity contribution in [3.63, 3.8) is 0 Å². The Bertz CT molecular complexity index is 772. The summed E-state index contributed by atoms with van der Waals surface area (Å²) >= 11 is 0. The van der Waals surface area contributed by atoms with Crippen LogP contribution in [0.25, 0.3) is 6.08 Å². The van der Waals surface area contributed by atoms with Crippen LogP contribution in [0.3, 0.4) is 0 Å². The van der Waals surface area contributed by atoms with Crippen LogP contribution in [0.1, 0.15) is 16.7 Å². The molecule has 2 aromatic rings. The number of hydrogen-bond acceptors (Lipinski definition) is 3. The smallest absolute Gasteiger partial charge is 0.200 e. The molecule has 1 aliphatic heterocycles. The summed E-state index contributed by atoms with van der Waals surface area (Å²) in [6, 6.07) is 13.2. The van der Waals surface area contributed by atoms with E-state index in [-0.39, 0.29) is 0 Å². The van der Waals surface area contributed by atoms with E-state index < -0.39 is 9.84 Å². The minimum Gasteiger partial charge on any atom is -0.488 e. The molecule has 0 fully saturated rings. The lowest BCUT2D eigenvalue weighted by atomic mass is 10.1. The van der Waals surface area contributed by atoms with E-state index >= 15 is 0 Å². The van der Waals surface area contributed by atoms with Crippen molar-refractivity contribution in [2.45, 2.75) is 18.4 Å². The number of hydrogen-bond donors (Lipinski definition) is 0. The summed E-state index contributed by atoms with van der Waals surface area (Å²) < 4.78 is 29.3. The maximum absolute atomic E-state index is 11.8. The molecule has 0 saturated carbocycles. The highest BCUT2D eigenvalue weighted by Crippen LogP contribution is 2.34. The van der Waals surface area contributed by atoms with E-state index in [0.717, 1.165) is 5.56 Å². The van der Waals surface area contributed by atoms with Gasteiger partial charge in [-0.15, -0.1) is 0 Å². The number of ether oxygens (including phenoxy) is 1. The third kappa shape index (κ3) is 2.34. The molecule has 20 heavy (non-hydrogen) atoms. The predicted octanol–water partition coefficient (Wildman–Crippen LogP) is 3.33. The van der Waals surface area contributed by atoms with E-state index in [0.29, 0.717) is 22.8 Å². The summed E-state index contributed by atoms with van der Waals surface area (Å²) in [6.45, 7) is 2.45. The molecule has 0 amide bonds. The zero-order valence-electron chi connectivity index (χ0n) is 11.0. The largest absolute Gasteiger partial charge is 0.488 e. The SMILES string of the molecule is Cc1ccc(COc2cccc3c2C=CS3(=O)=O)cc1. The van der Waals surface area contributed by atoms with Crippen molar-refractivity contribution in [1.82, 2.24) is 0 Å². The Hall–Kier alpha value is -2.07. The van der Waals surface area contributed by atoms with Gasteiger partial charge in [0, 0.05) is 11.0 Å². The fraction of sp³-hybridized carbons (Fsp3) is 0.125. The first-order valence-corrected chi connectivity index (χ1v) is 7.85. The van der Waals surface area contributed by atoms with Crippen molar-refractivity contribution in [2.75, 3.05) is 0 Å². The fourth-order valence-corrected chi connectivity index (χ4v) is 3.34. The number of fused-ring (bicyclic) bond motifs is 1. The van der Waals surface area contributed by atoms with Crippen LogP contribution in [0.2, 0.25) is 0 Å². The summed E-state index contributed by atoms with van der Waals surface area (Å²) in [5.41, 5.74) is 2.89. The zero-order chi connectivity index (χ0) is 14.2. The molecule has 0 aliphatic carbocycles. The Morgan fingerprint density at radius 3 is 2.55 bits per heavy atom. The van der Waals surface area contributed by atoms with Crippen molar-refractivity contribution in [3.05, 3.63) is 64.6 Å². The molecule has 0 N–H and O–H groups in total. The van der Waals surface area contributed by atoms with Gasteiger partial charge in [0.05, 0.1) is 4.90 Å². The molecule has 0 saturated heterocycles. The van der Waals surface area contributed by atoms with E-state index in [9.17, 15) is 8.42 Å². The van der Waals surface area contributed by atoms with Gasteiger partial charge >= 0.3 is 0 Å². The second kappa shape index (κ2) is 4.80. The van der Waals surface area contributed by atoms with Crippen LogP contribution in [0.5, 0.6) is 5.75 Å². The van der Waals surface area contributed by atoms with Gasteiger partial charge in [0.1, 0.15) is 12.4 Å². The van der Waals surface area contributed by atoms with E-state index in [1.165, 1.54) is 11.0 Å². The summed E-state index contributed by atoms with van der Waals surface area (Å²) in [7, 11) is -3.28. The zero-order valence-corrected chi connectivity index (χ0v) is 11.9. The molecular formula is C16H14O3S. The molecule has 4 heteroatoms. The van der Waals surface area contributed by atoms with Crippen molar-refractivity contribution < 1.29 is 13.2 Å². The molecule has 0 atom stereocenters. The minimum atomic E-state index is -3.28. The van der Waals surface area contributed by atoms with Crippen LogP contribution in [0.15, 0.2) is 52.8 Å². The van der Waals surface area contributed by atoms with Gasteiger partial charge < -0.3 is 4.74 Å². The van der Waals surface area contributed by atoms with Gasteiger partial charge in [-0.05, 0) is 30.7 Å². The topological polar surface area (TPSA) is 43.4 Å². The van der Waals surface area contributed by atoms with Crippen LogP contribution < -0.4 is 4.74 Å². The molecule has 1 aliphatic rings. The monoisotopic (exact) mass is 286 g/mol. The first-order valence-electron chi connectivity index (χ1n) is 6.31. The normalized spacial score (nSPS) is 15.1. The lowest BCUT2D eigenvalue weighted by Gasteiger charge is -2.10. The number of benzene rings is 2. The van der Waals surface area contributed by atoms with Gasteiger partial charge in [-0.2, -0.15) is 0 Å². The molecule has 3 nitrogen and oxygen atoms in total. The lowest BCUT2D eigenvalue weighted by Crippen LogP contribution is -1.99. The van der Waals surface area contributed by atoms with Crippen LogP contribution in [0, 0.1) is 6.92 Å². The summed E-state index contributed by atoms with van der Waals surface area (Å²) in [6.07, 6.45) is 1.59. The average Bonchev–Trinajstić information content (AvgIpc) is 2.75. The van der Waals surface area contributed by atoms with E-state index in [1.54, 1.807) is 24.3 Å². The molecule has 2 aromatic carbocycles. The second-order valence-electron chi connectivity index (χ2n) is 4.79. The van der Waals surface area contributed by atoms with Gasteiger partial charge in [-0.1, -0.05) is 35.9 Å². The highest BCUT2D eigenvalue weighted by molar-refractivity contribution is 7.94. The van der Waals surface area contributed by atoms with Gasteiger partial charge in [0.25, 0.3) is 0 Å². The molecule has 0 spiro atoms. The van der Waals surface area contributed by atoms with Crippen LogP contribution >= 0.6 is 0 Å². The maximum atomic E-state index is 11.8. The van der Waals surface area contributed by atoms with E-state index in [1.807, 2.05) is 31.2 Å². The average molecular weight is 286 g/mol. The van der Waals surface area contributed by atoms with Gasteiger partial charge in [-0.3, -0.25) is 0 Å². The van der Waals surface area contributed by atoms with Crippen LogP contribution in [-0.4, -0.2) is 8.42 Å². The lowest BCUT2D eigenvalue weighted by molar-refractivity contribution is 0.305. The first kappa shape index (κ1) is 12.9. The Morgan fingerprint density at radius 2 is 1.80 bits per heavy atom. The van der Waals surface area contributed by atoms with Crippen LogP contribution in [0.4, 0.5) is 0 Å². The molecular weight excluding hydrogens is 272 g/mol. The molecule has 0 bridgehead atoms. The van der Waals surface area contributed by atoms with Crippen molar-refractivity contribution >= 4 is 15.9 Å². The van der Waals surface area contributed by atoms with E-state index in [2.05, 4.69) is 0 Å².